The first-order valence-electron chi connectivity index (χ1n) is 6.22. The van der Waals surface area contributed by atoms with Gasteiger partial charge in [-0.1, -0.05) is 18.2 Å². The maximum Gasteiger partial charge on any atom is 0.306 e. The molecule has 2 aromatic rings. The van der Waals surface area contributed by atoms with Gasteiger partial charge in [0.15, 0.2) is 5.78 Å². The van der Waals surface area contributed by atoms with Gasteiger partial charge in [0.2, 0.25) is 0 Å². The predicted octanol–water partition coefficient (Wildman–Crippen LogP) is 4.26. The molecule has 2 aromatic carbocycles. The van der Waals surface area contributed by atoms with E-state index < -0.39 is 4.92 Å². The number of nitro benzene ring substituents is 1. The third-order valence-electron chi connectivity index (χ3n) is 2.95. The van der Waals surface area contributed by atoms with Crippen molar-refractivity contribution in [2.75, 3.05) is 11.6 Å². The van der Waals surface area contributed by atoms with Gasteiger partial charge >= 0.3 is 5.69 Å². The van der Waals surface area contributed by atoms with E-state index in [0.29, 0.717) is 21.8 Å². The number of carbonyl (C=O) groups excluding carboxylic acids is 1. The van der Waals surface area contributed by atoms with Crippen LogP contribution in [0, 0.1) is 10.1 Å². The highest BCUT2D eigenvalue weighted by Crippen LogP contribution is 2.36. The second-order valence-electron chi connectivity index (χ2n) is 4.38. The SMILES string of the molecule is CSc1cccc(Nc2cccc(C(C)=O)c2)c1[N+](=O)[O-]. The van der Waals surface area contributed by atoms with Crippen molar-refractivity contribution in [2.24, 2.45) is 0 Å². The molecule has 0 saturated carbocycles. The summed E-state index contributed by atoms with van der Waals surface area (Å²) in [5.41, 5.74) is 1.65. The lowest BCUT2D eigenvalue weighted by atomic mass is 10.1. The first-order chi connectivity index (χ1) is 10.0. The van der Waals surface area contributed by atoms with Crippen LogP contribution < -0.4 is 5.32 Å². The summed E-state index contributed by atoms with van der Waals surface area (Å²) in [7, 11) is 0. The van der Waals surface area contributed by atoms with Gasteiger partial charge in [0.05, 0.1) is 9.82 Å². The summed E-state index contributed by atoms with van der Waals surface area (Å²) in [6.07, 6.45) is 1.79. The molecule has 0 unspecified atom stereocenters. The standard InChI is InChI=1S/C15H14N2O3S/c1-10(18)11-5-3-6-12(9-11)16-13-7-4-8-14(21-2)15(13)17(19)20/h3-9,16H,1-2H3. The van der Waals surface area contributed by atoms with Gasteiger partial charge < -0.3 is 5.32 Å². The van der Waals surface area contributed by atoms with Gasteiger partial charge in [-0.15, -0.1) is 11.8 Å². The Labute approximate surface area is 126 Å². The molecular formula is C15H14N2O3S. The maximum atomic E-state index is 11.4. The molecule has 0 aliphatic carbocycles. The zero-order valence-corrected chi connectivity index (χ0v) is 12.4. The molecule has 0 aliphatic rings. The number of nitro groups is 1. The molecule has 0 spiro atoms. The van der Waals surface area contributed by atoms with Crippen LogP contribution in [-0.4, -0.2) is 17.0 Å². The maximum absolute atomic E-state index is 11.4. The molecule has 5 nitrogen and oxygen atoms in total. The molecule has 108 valence electrons. The zero-order valence-electron chi connectivity index (χ0n) is 11.6. The van der Waals surface area contributed by atoms with Crippen LogP contribution in [0.5, 0.6) is 0 Å². The van der Waals surface area contributed by atoms with Crippen molar-refractivity contribution in [1.82, 2.24) is 0 Å². The lowest BCUT2D eigenvalue weighted by Crippen LogP contribution is -2.00. The third-order valence-corrected chi connectivity index (χ3v) is 3.72. The van der Waals surface area contributed by atoms with Gasteiger partial charge in [-0.05, 0) is 37.4 Å². The molecule has 2 rings (SSSR count). The van der Waals surface area contributed by atoms with Crippen LogP contribution in [-0.2, 0) is 0 Å². The van der Waals surface area contributed by atoms with E-state index in [9.17, 15) is 14.9 Å². The van der Waals surface area contributed by atoms with E-state index in [4.69, 9.17) is 0 Å². The lowest BCUT2D eigenvalue weighted by Gasteiger charge is -2.10. The molecule has 0 heterocycles. The fourth-order valence-electron chi connectivity index (χ4n) is 1.95. The smallest absolute Gasteiger partial charge is 0.306 e. The van der Waals surface area contributed by atoms with Crippen LogP contribution in [0.15, 0.2) is 47.4 Å². The van der Waals surface area contributed by atoms with Crippen molar-refractivity contribution in [1.29, 1.82) is 0 Å². The number of thioether (sulfide) groups is 1. The van der Waals surface area contributed by atoms with Crippen molar-refractivity contribution in [3.05, 3.63) is 58.1 Å². The van der Waals surface area contributed by atoms with Gasteiger partial charge in [0, 0.05) is 11.3 Å². The van der Waals surface area contributed by atoms with Crippen LogP contribution >= 0.6 is 11.8 Å². The van der Waals surface area contributed by atoms with Crippen molar-refractivity contribution in [3.63, 3.8) is 0 Å². The topological polar surface area (TPSA) is 72.2 Å². The van der Waals surface area contributed by atoms with Crippen LogP contribution in [0.3, 0.4) is 0 Å². The van der Waals surface area contributed by atoms with Gasteiger partial charge in [0.1, 0.15) is 5.69 Å². The quantitative estimate of drug-likeness (QED) is 0.386. The Bertz CT molecular complexity index is 701. The van der Waals surface area contributed by atoms with E-state index in [0.717, 1.165) is 0 Å². The lowest BCUT2D eigenvalue weighted by molar-refractivity contribution is -0.386. The number of hydrogen-bond acceptors (Lipinski definition) is 5. The van der Waals surface area contributed by atoms with Crippen molar-refractivity contribution in [2.45, 2.75) is 11.8 Å². The van der Waals surface area contributed by atoms with E-state index in [1.165, 1.54) is 18.7 Å². The number of Topliss-reactive ketones (excluding diaryl/α,β-unsaturated/α-hetero) is 1. The summed E-state index contributed by atoms with van der Waals surface area (Å²) >= 11 is 1.32. The minimum absolute atomic E-state index is 0.0400. The summed E-state index contributed by atoms with van der Waals surface area (Å²) in [5.74, 6) is -0.0500. The number of carbonyl (C=O) groups is 1. The Balaban J connectivity index is 2.42. The Hall–Kier alpha value is -2.34. The fourth-order valence-corrected chi connectivity index (χ4v) is 2.54. The first kappa shape index (κ1) is 15.1. The molecular weight excluding hydrogens is 288 g/mol. The monoisotopic (exact) mass is 302 g/mol. The number of ketones is 1. The molecule has 0 bridgehead atoms. The number of anilines is 2. The molecule has 0 fully saturated rings. The van der Waals surface area contributed by atoms with Gasteiger partial charge in [-0.3, -0.25) is 14.9 Å². The van der Waals surface area contributed by atoms with Gasteiger partial charge in [-0.2, -0.15) is 0 Å². The average molecular weight is 302 g/mol. The van der Waals surface area contributed by atoms with Gasteiger partial charge in [-0.25, -0.2) is 0 Å². The van der Waals surface area contributed by atoms with Crippen LogP contribution in [0.4, 0.5) is 17.1 Å². The number of hydrogen-bond donors (Lipinski definition) is 1. The van der Waals surface area contributed by atoms with E-state index in [2.05, 4.69) is 5.32 Å². The largest absolute Gasteiger partial charge is 0.350 e. The Morgan fingerprint density at radius 1 is 1.24 bits per heavy atom. The highest BCUT2D eigenvalue weighted by Gasteiger charge is 2.19. The number of para-hydroxylation sites is 1. The summed E-state index contributed by atoms with van der Waals surface area (Å²) in [5, 5.41) is 14.3. The zero-order chi connectivity index (χ0) is 15.4. The van der Waals surface area contributed by atoms with Crippen molar-refractivity contribution in [3.8, 4) is 0 Å². The minimum Gasteiger partial charge on any atom is -0.350 e. The van der Waals surface area contributed by atoms with E-state index in [1.54, 1.807) is 48.7 Å². The van der Waals surface area contributed by atoms with Gasteiger partial charge in [0.25, 0.3) is 0 Å². The first-order valence-corrected chi connectivity index (χ1v) is 7.45. The second-order valence-corrected chi connectivity index (χ2v) is 5.22. The van der Waals surface area contributed by atoms with Crippen LogP contribution in [0.1, 0.15) is 17.3 Å². The molecule has 0 atom stereocenters. The summed E-state index contributed by atoms with van der Waals surface area (Å²) < 4.78 is 0. The third kappa shape index (κ3) is 3.41. The molecule has 0 aliphatic heterocycles. The number of benzene rings is 2. The molecule has 6 heteroatoms. The highest BCUT2D eigenvalue weighted by molar-refractivity contribution is 7.98. The molecule has 21 heavy (non-hydrogen) atoms. The Morgan fingerprint density at radius 2 is 1.95 bits per heavy atom. The Kier molecular flexibility index (Phi) is 4.59. The Morgan fingerprint density at radius 3 is 2.57 bits per heavy atom. The second kappa shape index (κ2) is 6.41. The van der Waals surface area contributed by atoms with E-state index in [-0.39, 0.29) is 11.5 Å². The van der Waals surface area contributed by atoms with E-state index in [1.807, 2.05) is 0 Å². The molecule has 0 radical (unpaired) electrons. The predicted molar refractivity (Wildman–Crippen MR) is 84.6 cm³/mol. The summed E-state index contributed by atoms with van der Waals surface area (Å²) in [4.78, 5) is 22.8. The van der Waals surface area contributed by atoms with Crippen LogP contribution in [0.2, 0.25) is 0 Å². The number of nitrogens with one attached hydrogen (secondary N) is 1. The number of nitrogens with zero attached hydrogens (tertiary/aromatic N) is 1. The normalized spacial score (nSPS) is 10.2. The molecule has 1 N–H and O–H groups in total. The highest BCUT2D eigenvalue weighted by atomic mass is 32.2. The summed E-state index contributed by atoms with van der Waals surface area (Å²) in [6.45, 7) is 1.48. The summed E-state index contributed by atoms with van der Waals surface area (Å²) in [6, 6.07) is 12.0. The van der Waals surface area contributed by atoms with E-state index >= 15 is 0 Å². The van der Waals surface area contributed by atoms with Crippen LogP contribution in [0.25, 0.3) is 0 Å². The van der Waals surface area contributed by atoms with Crippen molar-refractivity contribution >= 4 is 34.6 Å². The minimum atomic E-state index is -0.400. The molecule has 0 saturated heterocycles. The van der Waals surface area contributed by atoms with Crippen molar-refractivity contribution < 1.29 is 9.72 Å². The number of rotatable bonds is 5. The molecule has 0 amide bonds. The average Bonchev–Trinajstić information content (AvgIpc) is 2.46. The fraction of sp³-hybridized carbons (Fsp3) is 0.133. The molecule has 0 aromatic heterocycles.